The number of nitrogens with one attached hydrogen (secondary N) is 2. The smallest absolute Gasteiger partial charge is 0.255 e. The molecule has 0 bridgehead atoms. The van der Waals surface area contributed by atoms with E-state index in [2.05, 4.69) is 10.6 Å². The van der Waals surface area contributed by atoms with Crippen molar-refractivity contribution in [3.63, 3.8) is 0 Å². The fourth-order valence-corrected chi connectivity index (χ4v) is 2.43. The van der Waals surface area contributed by atoms with Crippen molar-refractivity contribution in [3.8, 4) is 0 Å². The SMILES string of the molecule is Cc1ccc(NC(=O)c2ccc(NC(=O)c3cccc(N)c3)cc2)cc1. The Morgan fingerprint density at radius 1 is 0.731 bits per heavy atom. The van der Waals surface area contributed by atoms with Crippen LogP contribution in [0.4, 0.5) is 17.1 Å². The van der Waals surface area contributed by atoms with E-state index in [-0.39, 0.29) is 11.8 Å². The minimum Gasteiger partial charge on any atom is -0.399 e. The summed E-state index contributed by atoms with van der Waals surface area (Å²) in [6.07, 6.45) is 0. The molecule has 0 aliphatic rings. The lowest BCUT2D eigenvalue weighted by Gasteiger charge is -2.08. The zero-order valence-corrected chi connectivity index (χ0v) is 14.3. The second-order valence-electron chi connectivity index (χ2n) is 5.98. The Balaban J connectivity index is 1.65. The van der Waals surface area contributed by atoms with Gasteiger partial charge < -0.3 is 16.4 Å². The van der Waals surface area contributed by atoms with Crippen LogP contribution in [0, 0.1) is 6.92 Å². The summed E-state index contributed by atoms with van der Waals surface area (Å²) in [5, 5.41) is 5.62. The number of hydrogen-bond acceptors (Lipinski definition) is 3. The van der Waals surface area contributed by atoms with Crippen molar-refractivity contribution >= 4 is 28.9 Å². The molecule has 0 fully saturated rings. The highest BCUT2D eigenvalue weighted by molar-refractivity contribution is 6.06. The molecule has 3 aromatic rings. The monoisotopic (exact) mass is 345 g/mol. The summed E-state index contributed by atoms with van der Waals surface area (Å²) in [5.74, 6) is -0.461. The van der Waals surface area contributed by atoms with Gasteiger partial charge in [0.2, 0.25) is 0 Å². The number of aryl methyl sites for hydroxylation is 1. The summed E-state index contributed by atoms with van der Waals surface area (Å²) in [4.78, 5) is 24.5. The van der Waals surface area contributed by atoms with Gasteiger partial charge in [-0.2, -0.15) is 0 Å². The standard InChI is InChI=1S/C21H19N3O2/c1-14-5-9-18(10-6-14)23-20(25)15-7-11-19(12-8-15)24-21(26)16-3-2-4-17(22)13-16/h2-13H,22H2,1H3,(H,23,25)(H,24,26). The second kappa shape index (κ2) is 7.53. The average Bonchev–Trinajstić information content (AvgIpc) is 2.64. The number of rotatable bonds is 4. The van der Waals surface area contributed by atoms with Crippen LogP contribution in [0.15, 0.2) is 72.8 Å². The molecule has 0 saturated heterocycles. The summed E-state index contributed by atoms with van der Waals surface area (Å²) < 4.78 is 0. The minimum absolute atomic E-state index is 0.206. The molecule has 5 nitrogen and oxygen atoms in total. The first-order valence-corrected chi connectivity index (χ1v) is 8.16. The number of nitrogen functional groups attached to an aromatic ring is 1. The van der Waals surface area contributed by atoms with E-state index in [1.54, 1.807) is 48.5 Å². The Bertz CT molecular complexity index is 932. The summed E-state index contributed by atoms with van der Waals surface area (Å²) in [7, 11) is 0. The molecule has 0 atom stereocenters. The van der Waals surface area contributed by atoms with Crippen LogP contribution in [-0.2, 0) is 0 Å². The van der Waals surface area contributed by atoms with E-state index in [0.717, 1.165) is 11.3 Å². The molecular formula is C21H19N3O2. The molecule has 26 heavy (non-hydrogen) atoms. The third-order valence-electron chi connectivity index (χ3n) is 3.86. The first kappa shape index (κ1) is 17.2. The van der Waals surface area contributed by atoms with Crippen LogP contribution in [0.2, 0.25) is 0 Å². The van der Waals surface area contributed by atoms with Crippen LogP contribution >= 0.6 is 0 Å². The number of nitrogens with two attached hydrogens (primary N) is 1. The summed E-state index contributed by atoms with van der Waals surface area (Å²) in [6, 6.07) is 21.0. The maximum absolute atomic E-state index is 12.3. The lowest BCUT2D eigenvalue weighted by atomic mass is 10.1. The number of carbonyl (C=O) groups excluding carboxylic acids is 2. The molecule has 0 aromatic heterocycles. The molecule has 0 unspecified atom stereocenters. The molecule has 0 heterocycles. The van der Waals surface area contributed by atoms with Gasteiger partial charge >= 0.3 is 0 Å². The van der Waals surface area contributed by atoms with Crippen molar-refractivity contribution in [2.24, 2.45) is 0 Å². The van der Waals surface area contributed by atoms with Crippen molar-refractivity contribution in [2.45, 2.75) is 6.92 Å². The topological polar surface area (TPSA) is 84.2 Å². The first-order chi connectivity index (χ1) is 12.5. The van der Waals surface area contributed by atoms with Crippen LogP contribution in [-0.4, -0.2) is 11.8 Å². The highest BCUT2D eigenvalue weighted by Crippen LogP contribution is 2.15. The number of carbonyl (C=O) groups is 2. The lowest BCUT2D eigenvalue weighted by molar-refractivity contribution is 0.102. The highest BCUT2D eigenvalue weighted by Gasteiger charge is 2.09. The van der Waals surface area contributed by atoms with Crippen LogP contribution < -0.4 is 16.4 Å². The molecule has 130 valence electrons. The van der Waals surface area contributed by atoms with Crippen LogP contribution in [0.25, 0.3) is 0 Å². The van der Waals surface area contributed by atoms with E-state index in [4.69, 9.17) is 5.73 Å². The number of amides is 2. The highest BCUT2D eigenvalue weighted by atomic mass is 16.2. The van der Waals surface area contributed by atoms with Crippen molar-refractivity contribution in [1.82, 2.24) is 0 Å². The molecule has 4 N–H and O–H groups in total. The zero-order valence-electron chi connectivity index (χ0n) is 14.3. The van der Waals surface area contributed by atoms with Crippen molar-refractivity contribution in [3.05, 3.63) is 89.5 Å². The van der Waals surface area contributed by atoms with Crippen molar-refractivity contribution in [1.29, 1.82) is 0 Å². The normalized spacial score (nSPS) is 10.2. The van der Waals surface area contributed by atoms with Gasteiger partial charge in [0.15, 0.2) is 0 Å². The van der Waals surface area contributed by atoms with Gasteiger partial charge in [-0.25, -0.2) is 0 Å². The largest absolute Gasteiger partial charge is 0.399 e. The molecule has 0 spiro atoms. The lowest BCUT2D eigenvalue weighted by Crippen LogP contribution is -2.14. The Hall–Kier alpha value is -3.60. The summed E-state index contributed by atoms with van der Waals surface area (Å²) >= 11 is 0. The van der Waals surface area contributed by atoms with Gasteiger partial charge in [0.1, 0.15) is 0 Å². The summed E-state index contributed by atoms with van der Waals surface area (Å²) in [6.45, 7) is 1.99. The fourth-order valence-electron chi connectivity index (χ4n) is 2.43. The van der Waals surface area contributed by atoms with Gasteiger partial charge in [0.05, 0.1) is 0 Å². The predicted octanol–water partition coefficient (Wildman–Crippen LogP) is 4.08. The molecule has 0 saturated carbocycles. The van der Waals surface area contributed by atoms with Crippen LogP contribution in [0.1, 0.15) is 26.3 Å². The Morgan fingerprint density at radius 3 is 1.85 bits per heavy atom. The van der Waals surface area contributed by atoms with Gasteiger partial charge in [-0.05, 0) is 61.5 Å². The van der Waals surface area contributed by atoms with Gasteiger partial charge in [-0.15, -0.1) is 0 Å². The molecular weight excluding hydrogens is 326 g/mol. The molecule has 3 rings (SSSR count). The van der Waals surface area contributed by atoms with Gasteiger partial charge in [0, 0.05) is 28.2 Å². The van der Waals surface area contributed by atoms with E-state index in [1.165, 1.54) is 0 Å². The third-order valence-corrected chi connectivity index (χ3v) is 3.86. The number of hydrogen-bond donors (Lipinski definition) is 3. The van der Waals surface area contributed by atoms with Crippen molar-refractivity contribution < 1.29 is 9.59 Å². The zero-order chi connectivity index (χ0) is 18.5. The Kier molecular flexibility index (Phi) is 4.99. The quantitative estimate of drug-likeness (QED) is 0.623. The van der Waals surface area contributed by atoms with E-state index >= 15 is 0 Å². The summed E-state index contributed by atoms with van der Waals surface area (Å²) in [5.41, 5.74) is 9.67. The van der Waals surface area contributed by atoms with E-state index in [9.17, 15) is 9.59 Å². The Labute approximate surface area is 151 Å². The van der Waals surface area contributed by atoms with Gasteiger partial charge in [0.25, 0.3) is 11.8 Å². The molecule has 0 radical (unpaired) electrons. The minimum atomic E-state index is -0.255. The second-order valence-corrected chi connectivity index (χ2v) is 5.98. The molecule has 2 amide bonds. The van der Waals surface area contributed by atoms with Crippen LogP contribution in [0.5, 0.6) is 0 Å². The molecule has 5 heteroatoms. The van der Waals surface area contributed by atoms with Crippen LogP contribution in [0.3, 0.4) is 0 Å². The van der Waals surface area contributed by atoms with Gasteiger partial charge in [-0.3, -0.25) is 9.59 Å². The number of benzene rings is 3. The van der Waals surface area contributed by atoms with E-state index < -0.39 is 0 Å². The average molecular weight is 345 g/mol. The Morgan fingerprint density at radius 2 is 1.27 bits per heavy atom. The predicted molar refractivity (Wildman–Crippen MR) is 104 cm³/mol. The number of anilines is 3. The molecule has 3 aromatic carbocycles. The molecule has 0 aliphatic heterocycles. The van der Waals surface area contributed by atoms with Crippen molar-refractivity contribution in [2.75, 3.05) is 16.4 Å². The maximum Gasteiger partial charge on any atom is 0.255 e. The molecule has 0 aliphatic carbocycles. The third kappa shape index (κ3) is 4.27. The fraction of sp³-hybridized carbons (Fsp3) is 0.0476. The van der Waals surface area contributed by atoms with E-state index in [0.29, 0.717) is 22.5 Å². The van der Waals surface area contributed by atoms with E-state index in [1.807, 2.05) is 31.2 Å². The van der Waals surface area contributed by atoms with Gasteiger partial charge in [-0.1, -0.05) is 23.8 Å². The maximum atomic E-state index is 12.3. The first-order valence-electron chi connectivity index (χ1n) is 8.16.